The van der Waals surface area contributed by atoms with E-state index in [4.69, 9.17) is 9.97 Å². The van der Waals surface area contributed by atoms with Crippen molar-refractivity contribution in [2.45, 2.75) is 85.5 Å². The number of nitrogens with zero attached hydrogens (tertiary/aromatic N) is 3. The SMILES string of the molecule is CCCCc1nc2c3cc(C)c(C)cc3c3ccc(N4c5ccccc5C(C)(C)c5ccccc54)cc3c2nc1C(C)(C)C. The number of rotatable bonds is 4. The van der Waals surface area contributed by atoms with E-state index in [9.17, 15) is 0 Å². The molecule has 0 amide bonds. The summed E-state index contributed by atoms with van der Waals surface area (Å²) >= 11 is 0. The summed E-state index contributed by atoms with van der Waals surface area (Å²) in [5.41, 5.74) is 12.9. The van der Waals surface area contributed by atoms with Crippen molar-refractivity contribution in [2.24, 2.45) is 0 Å². The summed E-state index contributed by atoms with van der Waals surface area (Å²) in [6.07, 6.45) is 3.20. The van der Waals surface area contributed by atoms with Crippen LogP contribution in [0.25, 0.3) is 32.6 Å². The maximum atomic E-state index is 5.55. The van der Waals surface area contributed by atoms with Crippen molar-refractivity contribution in [2.75, 3.05) is 4.90 Å². The van der Waals surface area contributed by atoms with Gasteiger partial charge in [0.15, 0.2) is 0 Å². The lowest BCUT2D eigenvalue weighted by molar-refractivity contribution is 0.555. The molecule has 0 N–H and O–H groups in total. The summed E-state index contributed by atoms with van der Waals surface area (Å²) in [4.78, 5) is 13.5. The molecule has 1 aliphatic rings. The Morgan fingerprint density at radius 1 is 0.682 bits per heavy atom. The highest BCUT2D eigenvalue weighted by atomic mass is 15.2. The van der Waals surface area contributed by atoms with Crippen LogP contribution in [0.4, 0.5) is 17.1 Å². The van der Waals surface area contributed by atoms with Crippen molar-refractivity contribution in [3.05, 3.63) is 113 Å². The van der Waals surface area contributed by atoms with Gasteiger partial charge < -0.3 is 4.90 Å². The van der Waals surface area contributed by atoms with E-state index in [2.05, 4.69) is 139 Å². The van der Waals surface area contributed by atoms with Gasteiger partial charge in [0, 0.05) is 27.3 Å². The Kier molecular flexibility index (Phi) is 6.59. The molecule has 0 saturated heterocycles. The van der Waals surface area contributed by atoms with E-state index < -0.39 is 0 Å². The lowest BCUT2D eigenvalue weighted by Crippen LogP contribution is -2.30. The summed E-state index contributed by atoms with van der Waals surface area (Å²) in [7, 11) is 0. The van der Waals surface area contributed by atoms with Gasteiger partial charge in [0.1, 0.15) is 0 Å². The zero-order valence-corrected chi connectivity index (χ0v) is 27.5. The average Bonchev–Trinajstić information content (AvgIpc) is 3.00. The molecule has 0 aliphatic carbocycles. The van der Waals surface area contributed by atoms with Crippen molar-refractivity contribution >= 4 is 49.6 Å². The Balaban J connectivity index is 1.59. The topological polar surface area (TPSA) is 29.0 Å². The molecule has 7 rings (SSSR count). The van der Waals surface area contributed by atoms with Gasteiger partial charge in [0.05, 0.1) is 33.8 Å². The highest BCUT2D eigenvalue weighted by Crippen LogP contribution is 2.52. The molecule has 44 heavy (non-hydrogen) atoms. The summed E-state index contributed by atoms with van der Waals surface area (Å²) in [5, 5.41) is 4.84. The van der Waals surface area contributed by atoms with Gasteiger partial charge in [-0.05, 0) is 90.0 Å². The number of anilines is 3. The quantitative estimate of drug-likeness (QED) is 0.195. The fraction of sp³-hybridized carbons (Fsp3) is 0.317. The minimum atomic E-state index is -0.108. The monoisotopic (exact) mass is 577 g/mol. The minimum Gasteiger partial charge on any atom is -0.310 e. The zero-order chi connectivity index (χ0) is 31.0. The van der Waals surface area contributed by atoms with Gasteiger partial charge >= 0.3 is 0 Å². The van der Waals surface area contributed by atoms with Gasteiger partial charge in [-0.3, -0.25) is 0 Å². The molecule has 6 aromatic rings. The largest absolute Gasteiger partial charge is 0.310 e. The second-order valence-electron chi connectivity index (χ2n) is 14.3. The van der Waals surface area contributed by atoms with E-state index in [0.29, 0.717) is 0 Å². The van der Waals surface area contributed by atoms with Gasteiger partial charge in [-0.25, -0.2) is 9.97 Å². The number of aromatic nitrogens is 2. The molecule has 3 heteroatoms. The van der Waals surface area contributed by atoms with Crippen molar-refractivity contribution < 1.29 is 0 Å². The predicted octanol–water partition coefficient (Wildman–Crippen LogP) is 11.3. The first-order valence-electron chi connectivity index (χ1n) is 16.2. The number of para-hydroxylation sites is 2. The van der Waals surface area contributed by atoms with Crippen LogP contribution in [0.15, 0.2) is 78.9 Å². The van der Waals surface area contributed by atoms with Gasteiger partial charge in [-0.1, -0.05) is 96.5 Å². The smallest absolute Gasteiger partial charge is 0.0976 e. The molecule has 222 valence electrons. The Bertz CT molecular complexity index is 2050. The van der Waals surface area contributed by atoms with E-state index in [1.807, 2.05) is 0 Å². The van der Waals surface area contributed by atoms with Crippen molar-refractivity contribution in [3.63, 3.8) is 0 Å². The normalized spacial score (nSPS) is 14.3. The second-order valence-corrected chi connectivity index (χ2v) is 14.3. The van der Waals surface area contributed by atoms with Gasteiger partial charge in [0.25, 0.3) is 0 Å². The third-order valence-corrected chi connectivity index (χ3v) is 9.78. The molecule has 0 fully saturated rings. The van der Waals surface area contributed by atoms with Gasteiger partial charge in [-0.2, -0.15) is 0 Å². The maximum Gasteiger partial charge on any atom is 0.0976 e. The molecule has 0 atom stereocenters. The Morgan fingerprint density at radius 3 is 1.86 bits per heavy atom. The predicted molar refractivity (Wildman–Crippen MR) is 188 cm³/mol. The van der Waals surface area contributed by atoms with Crippen LogP contribution < -0.4 is 4.90 Å². The third-order valence-electron chi connectivity index (χ3n) is 9.78. The fourth-order valence-corrected chi connectivity index (χ4v) is 7.25. The summed E-state index contributed by atoms with van der Waals surface area (Å²) in [6, 6.07) is 29.4. The number of aryl methyl sites for hydroxylation is 3. The first kappa shape index (κ1) is 28.5. The Morgan fingerprint density at radius 2 is 1.25 bits per heavy atom. The number of hydrogen-bond donors (Lipinski definition) is 0. The average molecular weight is 578 g/mol. The lowest BCUT2D eigenvalue weighted by atomic mass is 9.73. The van der Waals surface area contributed by atoms with Crippen LogP contribution in [0, 0.1) is 13.8 Å². The summed E-state index contributed by atoms with van der Waals surface area (Å²) in [6.45, 7) is 18.1. The van der Waals surface area contributed by atoms with E-state index in [-0.39, 0.29) is 10.8 Å². The number of hydrogen-bond acceptors (Lipinski definition) is 3. The molecule has 0 saturated carbocycles. The van der Waals surface area contributed by atoms with E-state index in [0.717, 1.165) is 52.8 Å². The summed E-state index contributed by atoms with van der Waals surface area (Å²) in [5.74, 6) is 0. The summed E-state index contributed by atoms with van der Waals surface area (Å²) < 4.78 is 0. The molecule has 1 aliphatic heterocycles. The Labute approximate surface area is 262 Å². The fourth-order valence-electron chi connectivity index (χ4n) is 7.25. The molecule has 0 unspecified atom stereocenters. The van der Waals surface area contributed by atoms with Crippen molar-refractivity contribution in [1.29, 1.82) is 0 Å². The highest BCUT2D eigenvalue weighted by molar-refractivity contribution is 6.24. The maximum absolute atomic E-state index is 5.55. The molecular weight excluding hydrogens is 534 g/mol. The van der Waals surface area contributed by atoms with Crippen LogP contribution in [-0.4, -0.2) is 9.97 Å². The minimum absolute atomic E-state index is 0.0964. The van der Waals surface area contributed by atoms with E-state index in [1.54, 1.807) is 0 Å². The van der Waals surface area contributed by atoms with Gasteiger partial charge in [0.2, 0.25) is 0 Å². The molecule has 2 heterocycles. The standard InChI is InChI=1S/C41H43N3/c1-9-10-17-34-39(40(4,5)6)43-38-31-24-27(20-21-28(31)29-22-25(2)26(3)23-30(29)37(38)42-34)44-35-18-13-11-15-32(35)41(7,8)33-16-12-14-19-36(33)44/h11-16,18-24H,9-10,17H2,1-8H3. The van der Waals surface area contributed by atoms with Gasteiger partial charge in [-0.15, -0.1) is 0 Å². The molecule has 5 aromatic carbocycles. The van der Waals surface area contributed by atoms with Crippen LogP contribution in [-0.2, 0) is 17.3 Å². The first-order chi connectivity index (χ1) is 21.0. The molecular formula is C41H43N3. The lowest BCUT2D eigenvalue weighted by Gasteiger charge is -2.42. The van der Waals surface area contributed by atoms with Crippen LogP contribution in [0.3, 0.4) is 0 Å². The Hall–Kier alpha value is -4.24. The van der Waals surface area contributed by atoms with Crippen molar-refractivity contribution in [3.8, 4) is 0 Å². The molecule has 0 bridgehead atoms. The third kappa shape index (κ3) is 4.31. The van der Waals surface area contributed by atoms with E-state index >= 15 is 0 Å². The highest BCUT2D eigenvalue weighted by Gasteiger charge is 2.36. The molecule has 3 nitrogen and oxygen atoms in total. The van der Waals surface area contributed by atoms with Crippen LogP contribution in [0.2, 0.25) is 0 Å². The van der Waals surface area contributed by atoms with Crippen LogP contribution >= 0.6 is 0 Å². The second kappa shape index (κ2) is 10.2. The van der Waals surface area contributed by atoms with E-state index in [1.165, 1.54) is 49.8 Å². The van der Waals surface area contributed by atoms with Crippen LogP contribution in [0.5, 0.6) is 0 Å². The first-order valence-corrected chi connectivity index (χ1v) is 16.2. The van der Waals surface area contributed by atoms with Crippen molar-refractivity contribution in [1.82, 2.24) is 9.97 Å². The molecule has 1 aromatic heterocycles. The molecule has 0 radical (unpaired) electrons. The number of benzene rings is 5. The molecule has 0 spiro atoms. The number of unbranched alkanes of at least 4 members (excludes halogenated alkanes) is 1. The zero-order valence-electron chi connectivity index (χ0n) is 27.5. The van der Waals surface area contributed by atoms with Crippen LogP contribution in [0.1, 0.15) is 88.0 Å². The number of fused-ring (bicyclic) bond motifs is 8.